The average molecular weight is 293 g/mol. The monoisotopic (exact) mass is 293 g/mol. The molecule has 5 nitrogen and oxygen atoms in total. The van der Waals surface area contributed by atoms with Crippen LogP contribution < -0.4 is 34.9 Å². The van der Waals surface area contributed by atoms with E-state index in [9.17, 15) is 22.3 Å². The molecule has 1 amide bonds. The van der Waals surface area contributed by atoms with Gasteiger partial charge in [0.1, 0.15) is 0 Å². The number of rotatable bonds is 4. The minimum Gasteiger partial charge on any atom is -0.768 e. The fourth-order valence-corrected chi connectivity index (χ4v) is 1.81. The molecule has 1 rings (SSSR count). The molecule has 1 saturated carbocycles. The van der Waals surface area contributed by atoms with Crippen LogP contribution in [0.25, 0.3) is 0 Å². The van der Waals surface area contributed by atoms with Crippen molar-refractivity contribution in [1.29, 1.82) is 0 Å². The largest absolute Gasteiger partial charge is 1.00 e. The molecule has 1 aliphatic carbocycles. The fourth-order valence-electron chi connectivity index (χ4n) is 1.65. The molecule has 1 aliphatic rings. The number of ether oxygens (including phenoxy) is 1. The number of carbonyl (C=O) groups is 1. The summed E-state index contributed by atoms with van der Waals surface area (Å²) in [5.41, 5.74) is 0. The van der Waals surface area contributed by atoms with Crippen LogP contribution in [0.3, 0.4) is 0 Å². The molecule has 100 valence electrons. The zero-order valence-corrected chi connectivity index (χ0v) is 12.9. The second-order valence-electron chi connectivity index (χ2n) is 3.93. The molecule has 0 aliphatic heterocycles. The molecule has 0 aromatic rings. The second-order valence-corrected chi connectivity index (χ2v) is 4.99. The van der Waals surface area contributed by atoms with Gasteiger partial charge in [0.05, 0.1) is 0 Å². The SMILES string of the molecule is O=C(NC1CCCCC1)OCC(F)(F)S(=O)[O-].[Na+]. The van der Waals surface area contributed by atoms with Gasteiger partial charge in [0.2, 0.25) is 0 Å². The van der Waals surface area contributed by atoms with E-state index in [0.29, 0.717) is 0 Å². The normalized spacial score (nSPS) is 18.6. The number of hydrogen-bond acceptors (Lipinski definition) is 4. The van der Waals surface area contributed by atoms with Gasteiger partial charge in [-0.25, -0.2) is 4.79 Å². The van der Waals surface area contributed by atoms with Gasteiger partial charge in [-0.05, 0) is 12.8 Å². The number of alkyl halides is 2. The van der Waals surface area contributed by atoms with E-state index in [2.05, 4.69) is 10.1 Å². The minimum absolute atomic E-state index is 0. The minimum atomic E-state index is -4.04. The van der Waals surface area contributed by atoms with E-state index >= 15 is 0 Å². The van der Waals surface area contributed by atoms with Crippen LogP contribution >= 0.6 is 0 Å². The summed E-state index contributed by atoms with van der Waals surface area (Å²) in [5.74, 6) is 0. The summed E-state index contributed by atoms with van der Waals surface area (Å²) in [4.78, 5) is 11.1. The maximum atomic E-state index is 12.6. The van der Waals surface area contributed by atoms with Crippen molar-refractivity contribution < 1.29 is 56.6 Å². The first-order valence-corrected chi connectivity index (χ1v) is 6.40. The Kier molecular flexibility index (Phi) is 8.53. The van der Waals surface area contributed by atoms with Crippen LogP contribution in [0.4, 0.5) is 13.6 Å². The van der Waals surface area contributed by atoms with Gasteiger partial charge in [0.15, 0.2) is 6.61 Å². The topological polar surface area (TPSA) is 78.5 Å². The van der Waals surface area contributed by atoms with E-state index in [1.807, 2.05) is 0 Å². The van der Waals surface area contributed by atoms with Gasteiger partial charge in [0, 0.05) is 17.1 Å². The molecule has 1 unspecified atom stereocenters. The summed E-state index contributed by atoms with van der Waals surface area (Å²) < 4.78 is 49.4. The Morgan fingerprint density at radius 3 is 2.44 bits per heavy atom. The predicted molar refractivity (Wildman–Crippen MR) is 55.2 cm³/mol. The molecular formula is C9H14F2NNaO4S. The summed E-state index contributed by atoms with van der Waals surface area (Å²) in [6, 6.07) is -0.0670. The van der Waals surface area contributed by atoms with E-state index in [0.717, 1.165) is 32.1 Å². The van der Waals surface area contributed by atoms with E-state index in [1.165, 1.54) is 0 Å². The molecule has 1 N–H and O–H groups in total. The summed E-state index contributed by atoms with van der Waals surface area (Å²) in [6.45, 7) is -1.46. The number of hydrogen-bond donors (Lipinski definition) is 1. The van der Waals surface area contributed by atoms with Gasteiger partial charge in [-0.15, -0.1) is 0 Å². The molecule has 0 radical (unpaired) electrons. The number of amides is 1. The molecule has 9 heteroatoms. The number of carbonyl (C=O) groups excluding carboxylic acids is 1. The van der Waals surface area contributed by atoms with Crippen LogP contribution in [0, 0.1) is 0 Å². The Morgan fingerprint density at radius 1 is 1.39 bits per heavy atom. The van der Waals surface area contributed by atoms with E-state index in [-0.39, 0.29) is 35.6 Å². The smallest absolute Gasteiger partial charge is 0.768 e. The Balaban J connectivity index is 0.00000289. The van der Waals surface area contributed by atoms with Crippen molar-refractivity contribution in [2.45, 2.75) is 43.4 Å². The van der Waals surface area contributed by atoms with Gasteiger partial charge in [-0.3, -0.25) is 4.21 Å². The van der Waals surface area contributed by atoms with Gasteiger partial charge < -0.3 is 14.6 Å². The Morgan fingerprint density at radius 2 is 1.94 bits per heavy atom. The summed E-state index contributed by atoms with van der Waals surface area (Å²) in [7, 11) is 0. The van der Waals surface area contributed by atoms with Crippen molar-refractivity contribution in [3.8, 4) is 0 Å². The molecule has 1 atom stereocenters. The number of nitrogens with one attached hydrogen (secondary N) is 1. The van der Waals surface area contributed by atoms with Crippen LogP contribution in [0.2, 0.25) is 0 Å². The summed E-state index contributed by atoms with van der Waals surface area (Å²) in [5, 5.41) is -1.60. The van der Waals surface area contributed by atoms with Crippen LogP contribution in [-0.4, -0.2) is 32.8 Å². The Bertz CT molecular complexity index is 300. The standard InChI is InChI=1S/C9H15F2NO4S.Na/c10-9(11,17(14)15)6-16-8(13)12-7-4-2-1-3-5-7;/h7H,1-6H2,(H,12,13)(H,14,15);/q;+1/p-1. The van der Waals surface area contributed by atoms with Gasteiger partial charge >= 0.3 is 40.9 Å². The Hall–Kier alpha value is 0.240. The zero-order chi connectivity index (χ0) is 12.9. The van der Waals surface area contributed by atoms with Crippen molar-refractivity contribution in [3.63, 3.8) is 0 Å². The second kappa shape index (κ2) is 8.42. The molecule has 18 heavy (non-hydrogen) atoms. The van der Waals surface area contributed by atoms with Crippen molar-refractivity contribution in [2.24, 2.45) is 0 Å². The molecule has 1 fully saturated rings. The van der Waals surface area contributed by atoms with Crippen LogP contribution in [0.1, 0.15) is 32.1 Å². The maximum Gasteiger partial charge on any atom is 1.00 e. The van der Waals surface area contributed by atoms with E-state index in [1.54, 1.807) is 0 Å². The summed E-state index contributed by atoms with van der Waals surface area (Å²) in [6.07, 6.45) is 3.64. The molecule has 0 bridgehead atoms. The number of alkyl carbamates (subject to hydrolysis) is 1. The maximum absolute atomic E-state index is 12.6. The predicted octanol–water partition coefficient (Wildman–Crippen LogP) is -1.48. The average Bonchev–Trinajstić information content (AvgIpc) is 2.28. The molecule has 0 aromatic heterocycles. The van der Waals surface area contributed by atoms with Crippen molar-refractivity contribution >= 4 is 17.2 Å². The molecular weight excluding hydrogens is 279 g/mol. The first-order chi connectivity index (χ1) is 7.92. The molecule has 0 aromatic carbocycles. The van der Waals surface area contributed by atoms with Crippen LogP contribution in [-0.2, 0) is 15.8 Å². The third-order valence-corrected chi connectivity index (χ3v) is 3.15. The van der Waals surface area contributed by atoms with Crippen molar-refractivity contribution in [3.05, 3.63) is 0 Å². The fraction of sp³-hybridized carbons (Fsp3) is 0.889. The first kappa shape index (κ1) is 18.2. The molecule has 0 spiro atoms. The van der Waals surface area contributed by atoms with E-state index < -0.39 is 29.0 Å². The zero-order valence-electron chi connectivity index (χ0n) is 10.1. The van der Waals surface area contributed by atoms with Crippen molar-refractivity contribution in [2.75, 3.05) is 6.61 Å². The van der Waals surface area contributed by atoms with Gasteiger partial charge in [0.25, 0.3) is 0 Å². The third kappa shape index (κ3) is 6.42. The van der Waals surface area contributed by atoms with Crippen molar-refractivity contribution in [1.82, 2.24) is 5.32 Å². The summed E-state index contributed by atoms with van der Waals surface area (Å²) >= 11 is -3.59. The number of halogens is 2. The van der Waals surface area contributed by atoms with Crippen LogP contribution in [0.15, 0.2) is 0 Å². The van der Waals surface area contributed by atoms with Gasteiger partial charge in [-0.1, -0.05) is 19.3 Å². The van der Waals surface area contributed by atoms with E-state index in [4.69, 9.17) is 0 Å². The quantitative estimate of drug-likeness (QED) is 0.506. The third-order valence-electron chi connectivity index (χ3n) is 2.54. The molecule has 0 saturated heterocycles. The molecule has 0 heterocycles. The Labute approximate surface area is 129 Å². The first-order valence-electron chi connectivity index (χ1n) is 5.32. The van der Waals surface area contributed by atoms with Gasteiger partial charge in [-0.2, -0.15) is 8.78 Å². The van der Waals surface area contributed by atoms with Crippen LogP contribution in [0.5, 0.6) is 0 Å².